The van der Waals surface area contributed by atoms with Crippen molar-refractivity contribution in [3.8, 4) is 5.75 Å². The predicted octanol–water partition coefficient (Wildman–Crippen LogP) is 3.00. The van der Waals surface area contributed by atoms with Crippen LogP contribution >= 0.6 is 0 Å². The molecule has 0 aromatic heterocycles. The molecule has 25 heavy (non-hydrogen) atoms. The number of aromatic hydroxyl groups is 1. The summed E-state index contributed by atoms with van der Waals surface area (Å²) in [6.07, 6.45) is -0.575. The molecule has 2 rings (SSSR count). The van der Waals surface area contributed by atoms with E-state index in [4.69, 9.17) is 9.47 Å². The number of rotatable bonds is 3. The van der Waals surface area contributed by atoms with Crippen LogP contribution in [0.25, 0.3) is 0 Å². The molecule has 1 aliphatic heterocycles. The van der Waals surface area contributed by atoms with Gasteiger partial charge in [-0.2, -0.15) is 0 Å². The summed E-state index contributed by atoms with van der Waals surface area (Å²) >= 11 is 0. The topological polar surface area (TPSA) is 79.2 Å². The Morgan fingerprint density at radius 3 is 1.64 bits per heavy atom. The van der Waals surface area contributed by atoms with Crippen LogP contribution in [0.15, 0.2) is 12.1 Å². The highest BCUT2D eigenvalue weighted by molar-refractivity contribution is 5.50. The minimum Gasteiger partial charge on any atom is -0.507 e. The highest BCUT2D eigenvalue weighted by Crippen LogP contribution is 2.42. The zero-order valence-electron chi connectivity index (χ0n) is 16.2. The van der Waals surface area contributed by atoms with Gasteiger partial charge >= 0.3 is 0 Å². The van der Waals surface area contributed by atoms with E-state index in [1.54, 1.807) is 0 Å². The summed E-state index contributed by atoms with van der Waals surface area (Å²) in [6, 6.07) is 3.86. The van der Waals surface area contributed by atoms with Gasteiger partial charge in [0.25, 0.3) is 0 Å². The first kappa shape index (κ1) is 20.2. The summed E-state index contributed by atoms with van der Waals surface area (Å²) in [7, 11) is 0. The average molecular weight is 352 g/mol. The van der Waals surface area contributed by atoms with Gasteiger partial charge in [-0.1, -0.05) is 41.5 Å². The minimum atomic E-state index is -0.757. The number of phenolic OH excluding ortho intramolecular Hbond substituents is 1. The highest BCUT2D eigenvalue weighted by Gasteiger charge is 2.37. The molecule has 0 unspecified atom stereocenters. The average Bonchev–Trinajstić information content (AvgIpc) is 2.53. The highest BCUT2D eigenvalue weighted by atomic mass is 16.7. The Bertz CT molecular complexity index is 560. The van der Waals surface area contributed by atoms with Crippen molar-refractivity contribution in [1.29, 1.82) is 0 Å². The molecule has 1 aromatic carbocycles. The largest absolute Gasteiger partial charge is 0.507 e. The smallest absolute Gasteiger partial charge is 0.183 e. The molecular formula is C20H32O5. The second-order valence-electron chi connectivity index (χ2n) is 9.23. The lowest BCUT2D eigenvalue weighted by molar-refractivity contribution is -0.248. The number of aliphatic hydroxyl groups excluding tert-OH is 2. The molecular weight excluding hydrogens is 320 g/mol. The van der Waals surface area contributed by atoms with Crippen molar-refractivity contribution in [1.82, 2.24) is 0 Å². The van der Waals surface area contributed by atoms with E-state index < -0.39 is 11.7 Å². The van der Waals surface area contributed by atoms with E-state index >= 15 is 0 Å². The van der Waals surface area contributed by atoms with E-state index in [2.05, 4.69) is 41.5 Å². The summed E-state index contributed by atoms with van der Waals surface area (Å²) in [6.45, 7) is 12.4. The SMILES string of the molecule is CC(C)(C)c1cc(C2OCC(CO)(CO)CO2)cc(C(C)(C)C)c1O. The molecule has 0 radical (unpaired) electrons. The van der Waals surface area contributed by atoms with Crippen molar-refractivity contribution in [2.75, 3.05) is 26.4 Å². The molecule has 1 heterocycles. The number of aliphatic hydroxyl groups is 2. The molecule has 0 spiro atoms. The first-order valence-electron chi connectivity index (χ1n) is 8.76. The van der Waals surface area contributed by atoms with E-state index in [1.165, 1.54) is 0 Å². The molecule has 142 valence electrons. The maximum Gasteiger partial charge on any atom is 0.183 e. The van der Waals surface area contributed by atoms with Gasteiger partial charge in [-0.05, 0) is 34.1 Å². The molecule has 0 amide bonds. The van der Waals surface area contributed by atoms with Gasteiger partial charge in [0.1, 0.15) is 5.75 Å². The molecule has 0 saturated carbocycles. The number of phenols is 1. The first-order chi connectivity index (χ1) is 11.4. The van der Waals surface area contributed by atoms with Crippen molar-refractivity contribution >= 4 is 0 Å². The normalized spacial score (nSPS) is 19.2. The summed E-state index contributed by atoms with van der Waals surface area (Å²) < 4.78 is 11.6. The molecule has 1 aliphatic rings. The fraction of sp³-hybridized carbons (Fsp3) is 0.700. The van der Waals surface area contributed by atoms with E-state index in [-0.39, 0.29) is 37.3 Å². The van der Waals surface area contributed by atoms with Gasteiger partial charge in [0, 0.05) is 5.56 Å². The van der Waals surface area contributed by atoms with Crippen LogP contribution in [0.4, 0.5) is 0 Å². The van der Waals surface area contributed by atoms with Gasteiger partial charge in [0.15, 0.2) is 6.29 Å². The fourth-order valence-corrected chi connectivity index (χ4v) is 2.96. The maximum atomic E-state index is 10.8. The molecule has 1 aromatic rings. The number of hydrogen-bond donors (Lipinski definition) is 3. The van der Waals surface area contributed by atoms with Crippen molar-refractivity contribution in [2.45, 2.75) is 58.7 Å². The third-order valence-corrected chi connectivity index (χ3v) is 4.77. The molecule has 0 bridgehead atoms. The molecule has 1 fully saturated rings. The van der Waals surface area contributed by atoms with Gasteiger partial charge in [-0.25, -0.2) is 0 Å². The van der Waals surface area contributed by atoms with Crippen molar-refractivity contribution in [3.63, 3.8) is 0 Å². The van der Waals surface area contributed by atoms with Crippen LogP contribution in [0.1, 0.15) is 64.5 Å². The third kappa shape index (κ3) is 4.17. The molecule has 5 heteroatoms. The van der Waals surface area contributed by atoms with Crippen LogP contribution in [-0.2, 0) is 20.3 Å². The summed E-state index contributed by atoms with van der Waals surface area (Å²) in [5, 5.41) is 29.8. The molecule has 5 nitrogen and oxygen atoms in total. The Morgan fingerprint density at radius 2 is 1.32 bits per heavy atom. The lowest BCUT2D eigenvalue weighted by Crippen LogP contribution is -2.44. The van der Waals surface area contributed by atoms with Gasteiger partial charge in [0.2, 0.25) is 0 Å². The maximum absolute atomic E-state index is 10.8. The fourth-order valence-electron chi connectivity index (χ4n) is 2.96. The van der Waals surface area contributed by atoms with E-state index in [0.717, 1.165) is 16.7 Å². The van der Waals surface area contributed by atoms with Crippen molar-refractivity contribution in [3.05, 3.63) is 28.8 Å². The Labute approximate surface area is 150 Å². The van der Waals surface area contributed by atoms with Crippen molar-refractivity contribution < 1.29 is 24.8 Å². The first-order valence-corrected chi connectivity index (χ1v) is 8.76. The standard InChI is InChI=1S/C20H32O5/c1-18(2,3)14-7-13(8-15(16(14)23)19(4,5)6)17-24-11-20(9-21,10-22)12-25-17/h7-8,17,21-23H,9-12H2,1-6H3. The summed E-state index contributed by atoms with van der Waals surface area (Å²) in [5.74, 6) is 0.319. The summed E-state index contributed by atoms with van der Waals surface area (Å²) in [4.78, 5) is 0. The van der Waals surface area contributed by atoms with Crippen LogP contribution < -0.4 is 0 Å². The number of benzene rings is 1. The molecule has 0 aliphatic carbocycles. The Hall–Kier alpha value is -1.14. The Morgan fingerprint density at radius 1 is 0.920 bits per heavy atom. The lowest BCUT2D eigenvalue weighted by atomic mass is 9.78. The number of hydrogen-bond acceptors (Lipinski definition) is 5. The van der Waals surface area contributed by atoms with Crippen LogP contribution in [0.3, 0.4) is 0 Å². The van der Waals surface area contributed by atoms with Gasteiger partial charge < -0.3 is 24.8 Å². The predicted molar refractivity (Wildman–Crippen MR) is 96.8 cm³/mol. The Balaban J connectivity index is 2.42. The second kappa shape index (κ2) is 6.88. The Kier molecular flexibility index (Phi) is 5.55. The quantitative estimate of drug-likeness (QED) is 0.779. The monoisotopic (exact) mass is 352 g/mol. The van der Waals surface area contributed by atoms with Crippen LogP contribution in [0.2, 0.25) is 0 Å². The zero-order chi connectivity index (χ0) is 19.0. The third-order valence-electron chi connectivity index (χ3n) is 4.77. The van der Waals surface area contributed by atoms with Crippen molar-refractivity contribution in [2.24, 2.45) is 5.41 Å². The summed E-state index contributed by atoms with van der Waals surface area (Å²) in [5.41, 5.74) is 1.33. The number of ether oxygens (including phenoxy) is 2. The molecule has 0 atom stereocenters. The zero-order valence-corrected chi connectivity index (χ0v) is 16.2. The van der Waals surface area contributed by atoms with Crippen LogP contribution in [0.5, 0.6) is 5.75 Å². The molecule has 3 N–H and O–H groups in total. The van der Waals surface area contributed by atoms with E-state index in [1.807, 2.05) is 12.1 Å². The lowest BCUT2D eigenvalue weighted by Gasteiger charge is -2.38. The van der Waals surface area contributed by atoms with Gasteiger partial charge in [0.05, 0.1) is 31.8 Å². The van der Waals surface area contributed by atoms with Crippen LogP contribution in [-0.4, -0.2) is 41.7 Å². The van der Waals surface area contributed by atoms with Crippen LogP contribution in [0, 0.1) is 5.41 Å². The van der Waals surface area contributed by atoms with E-state index in [9.17, 15) is 15.3 Å². The van der Waals surface area contributed by atoms with Gasteiger partial charge in [-0.3, -0.25) is 0 Å². The minimum absolute atomic E-state index is 0.188. The van der Waals surface area contributed by atoms with Gasteiger partial charge in [-0.15, -0.1) is 0 Å². The molecule has 1 saturated heterocycles. The van der Waals surface area contributed by atoms with E-state index in [0.29, 0.717) is 5.75 Å². The second-order valence-corrected chi connectivity index (χ2v) is 9.23.